The Hall–Kier alpha value is -1.81. The molecule has 0 spiro atoms. The summed E-state index contributed by atoms with van der Waals surface area (Å²) in [5, 5.41) is 3.07. The van der Waals surface area contributed by atoms with Crippen LogP contribution in [0.25, 0.3) is 0 Å². The van der Waals surface area contributed by atoms with Gasteiger partial charge in [0.05, 0.1) is 5.33 Å². The Labute approximate surface area is 127 Å². The lowest BCUT2D eigenvalue weighted by Gasteiger charge is -2.09. The number of alkyl halides is 1. The molecule has 1 amide bonds. The van der Waals surface area contributed by atoms with E-state index in [1.165, 1.54) is 0 Å². The first-order chi connectivity index (χ1) is 9.69. The lowest BCUT2D eigenvalue weighted by atomic mass is 10.2. The Morgan fingerprint density at radius 1 is 1.15 bits per heavy atom. The van der Waals surface area contributed by atoms with Crippen LogP contribution in [0.5, 0.6) is 5.75 Å². The fourth-order valence-electron chi connectivity index (χ4n) is 1.76. The zero-order valence-electron chi connectivity index (χ0n) is 11.2. The van der Waals surface area contributed by atoms with E-state index in [0.717, 1.165) is 22.6 Å². The smallest absolute Gasteiger partial charge is 0.235 e. The van der Waals surface area contributed by atoms with E-state index >= 15 is 0 Å². The monoisotopic (exact) mass is 333 g/mol. The van der Waals surface area contributed by atoms with Gasteiger partial charge in [-0.3, -0.25) is 4.79 Å². The highest BCUT2D eigenvalue weighted by molar-refractivity contribution is 9.09. The van der Waals surface area contributed by atoms with Gasteiger partial charge in [0, 0.05) is 5.69 Å². The van der Waals surface area contributed by atoms with Gasteiger partial charge in [0.2, 0.25) is 5.91 Å². The summed E-state index contributed by atoms with van der Waals surface area (Å²) in [6.07, 6.45) is 0. The molecule has 0 unspecified atom stereocenters. The molecule has 0 bridgehead atoms. The van der Waals surface area contributed by atoms with E-state index in [4.69, 9.17) is 4.74 Å². The van der Waals surface area contributed by atoms with Gasteiger partial charge in [-0.25, -0.2) is 0 Å². The molecule has 0 aliphatic heterocycles. The number of anilines is 1. The molecule has 2 aromatic carbocycles. The average molecular weight is 334 g/mol. The number of carbonyl (C=O) groups is 1. The number of para-hydroxylation sites is 1. The third-order valence-corrected chi connectivity index (χ3v) is 3.36. The van der Waals surface area contributed by atoms with Crippen molar-refractivity contribution in [1.29, 1.82) is 0 Å². The number of rotatable bonds is 5. The van der Waals surface area contributed by atoms with Crippen molar-refractivity contribution < 1.29 is 9.53 Å². The maximum absolute atomic E-state index is 11.2. The number of halogens is 1. The van der Waals surface area contributed by atoms with E-state index < -0.39 is 0 Å². The lowest BCUT2D eigenvalue weighted by Crippen LogP contribution is -2.12. The molecule has 4 heteroatoms. The van der Waals surface area contributed by atoms with Gasteiger partial charge in [0.15, 0.2) is 0 Å². The largest absolute Gasteiger partial charge is 0.489 e. The molecule has 0 saturated carbocycles. The number of aryl methyl sites for hydroxylation is 1. The van der Waals surface area contributed by atoms with Gasteiger partial charge in [0.1, 0.15) is 12.4 Å². The molecule has 0 atom stereocenters. The highest BCUT2D eigenvalue weighted by Gasteiger charge is 2.01. The number of ether oxygens (including phenoxy) is 1. The summed E-state index contributed by atoms with van der Waals surface area (Å²) in [4.78, 5) is 11.2. The number of amides is 1. The second kappa shape index (κ2) is 7.10. The van der Waals surface area contributed by atoms with Crippen LogP contribution < -0.4 is 10.1 Å². The molecule has 0 aliphatic rings. The SMILES string of the molecule is Cc1ccccc1OCc1ccc(NC(=O)CBr)cc1. The van der Waals surface area contributed by atoms with Gasteiger partial charge < -0.3 is 10.1 Å². The van der Waals surface area contributed by atoms with E-state index in [-0.39, 0.29) is 5.91 Å². The lowest BCUT2D eigenvalue weighted by molar-refractivity contribution is -0.113. The van der Waals surface area contributed by atoms with Gasteiger partial charge in [0.25, 0.3) is 0 Å². The summed E-state index contributed by atoms with van der Waals surface area (Å²) < 4.78 is 5.77. The Kier molecular flexibility index (Phi) is 5.18. The first kappa shape index (κ1) is 14.6. The van der Waals surface area contributed by atoms with Crippen LogP contribution in [0.4, 0.5) is 5.69 Å². The fourth-order valence-corrected chi connectivity index (χ4v) is 1.90. The van der Waals surface area contributed by atoms with Crippen LogP contribution in [0, 0.1) is 6.92 Å². The summed E-state index contributed by atoms with van der Waals surface area (Å²) in [7, 11) is 0. The first-order valence-corrected chi connectivity index (χ1v) is 7.44. The molecular formula is C16H16BrNO2. The molecule has 2 rings (SSSR count). The van der Waals surface area contributed by atoms with Crippen molar-refractivity contribution in [2.24, 2.45) is 0 Å². The van der Waals surface area contributed by atoms with Crippen molar-refractivity contribution in [1.82, 2.24) is 0 Å². The predicted molar refractivity (Wildman–Crippen MR) is 84.4 cm³/mol. The maximum atomic E-state index is 11.2. The Bertz CT molecular complexity index is 581. The van der Waals surface area contributed by atoms with Crippen LogP contribution in [0.2, 0.25) is 0 Å². The Morgan fingerprint density at radius 2 is 1.85 bits per heavy atom. The number of hydrogen-bond acceptors (Lipinski definition) is 2. The second-order valence-electron chi connectivity index (χ2n) is 4.43. The molecule has 104 valence electrons. The van der Waals surface area contributed by atoms with Crippen LogP contribution in [-0.4, -0.2) is 11.2 Å². The highest BCUT2D eigenvalue weighted by atomic mass is 79.9. The van der Waals surface area contributed by atoms with Crippen LogP contribution in [-0.2, 0) is 11.4 Å². The number of benzene rings is 2. The number of nitrogens with one attached hydrogen (secondary N) is 1. The van der Waals surface area contributed by atoms with Crippen LogP contribution in [0.15, 0.2) is 48.5 Å². The van der Waals surface area contributed by atoms with Crippen molar-refractivity contribution in [3.8, 4) is 5.75 Å². The topological polar surface area (TPSA) is 38.3 Å². The van der Waals surface area contributed by atoms with Gasteiger partial charge in [-0.1, -0.05) is 46.3 Å². The third kappa shape index (κ3) is 4.10. The van der Waals surface area contributed by atoms with E-state index in [9.17, 15) is 4.79 Å². The summed E-state index contributed by atoms with van der Waals surface area (Å²) in [5.74, 6) is 0.832. The molecule has 2 aromatic rings. The van der Waals surface area contributed by atoms with Crippen LogP contribution in [0.1, 0.15) is 11.1 Å². The molecule has 0 saturated heterocycles. The Balaban J connectivity index is 1.94. The van der Waals surface area contributed by atoms with Gasteiger partial charge in [-0.2, -0.15) is 0 Å². The van der Waals surface area contributed by atoms with E-state index in [2.05, 4.69) is 21.2 Å². The molecule has 3 nitrogen and oxygen atoms in total. The molecule has 1 N–H and O–H groups in total. The van der Waals surface area contributed by atoms with E-state index in [1.807, 2.05) is 55.5 Å². The zero-order valence-corrected chi connectivity index (χ0v) is 12.8. The predicted octanol–water partition coefficient (Wildman–Crippen LogP) is 3.91. The van der Waals surface area contributed by atoms with Crippen molar-refractivity contribution in [3.63, 3.8) is 0 Å². The summed E-state index contributed by atoms with van der Waals surface area (Å²) in [6.45, 7) is 2.53. The first-order valence-electron chi connectivity index (χ1n) is 6.32. The summed E-state index contributed by atoms with van der Waals surface area (Å²) in [6, 6.07) is 15.6. The second-order valence-corrected chi connectivity index (χ2v) is 4.99. The molecule has 20 heavy (non-hydrogen) atoms. The maximum Gasteiger partial charge on any atom is 0.235 e. The fraction of sp³-hybridized carbons (Fsp3) is 0.188. The highest BCUT2D eigenvalue weighted by Crippen LogP contribution is 2.18. The minimum Gasteiger partial charge on any atom is -0.489 e. The minimum absolute atomic E-state index is 0.0612. The average Bonchev–Trinajstić information content (AvgIpc) is 2.48. The van der Waals surface area contributed by atoms with Crippen molar-refractivity contribution >= 4 is 27.5 Å². The van der Waals surface area contributed by atoms with Gasteiger partial charge >= 0.3 is 0 Å². The molecule has 0 heterocycles. The summed E-state index contributed by atoms with van der Waals surface area (Å²) >= 11 is 3.11. The standard InChI is InChI=1S/C16H16BrNO2/c1-12-4-2-3-5-15(12)20-11-13-6-8-14(9-7-13)18-16(19)10-17/h2-9H,10-11H2,1H3,(H,18,19). The van der Waals surface area contributed by atoms with Crippen molar-refractivity contribution in [2.75, 3.05) is 10.6 Å². The molecule has 0 fully saturated rings. The third-order valence-electron chi connectivity index (χ3n) is 2.85. The quantitative estimate of drug-likeness (QED) is 0.842. The van der Waals surface area contributed by atoms with Crippen LogP contribution >= 0.6 is 15.9 Å². The van der Waals surface area contributed by atoms with Crippen molar-refractivity contribution in [3.05, 3.63) is 59.7 Å². The Morgan fingerprint density at radius 3 is 2.50 bits per heavy atom. The molecular weight excluding hydrogens is 318 g/mol. The zero-order chi connectivity index (χ0) is 14.4. The summed E-state index contributed by atoms with van der Waals surface area (Å²) in [5.41, 5.74) is 2.97. The van der Waals surface area contributed by atoms with E-state index in [1.54, 1.807) is 0 Å². The molecule has 0 aromatic heterocycles. The van der Waals surface area contributed by atoms with Crippen LogP contribution in [0.3, 0.4) is 0 Å². The minimum atomic E-state index is -0.0612. The van der Waals surface area contributed by atoms with E-state index in [0.29, 0.717) is 11.9 Å². The normalized spacial score (nSPS) is 10.1. The number of carbonyl (C=O) groups excluding carboxylic acids is 1. The molecule has 0 radical (unpaired) electrons. The molecule has 0 aliphatic carbocycles. The van der Waals surface area contributed by atoms with Gasteiger partial charge in [-0.15, -0.1) is 0 Å². The van der Waals surface area contributed by atoms with Crippen molar-refractivity contribution in [2.45, 2.75) is 13.5 Å². The number of hydrogen-bond donors (Lipinski definition) is 1. The van der Waals surface area contributed by atoms with Gasteiger partial charge in [-0.05, 0) is 36.2 Å².